The summed E-state index contributed by atoms with van der Waals surface area (Å²) in [5, 5.41) is 0. The van der Waals surface area contributed by atoms with Crippen molar-refractivity contribution in [2.45, 2.75) is 50.4 Å². The van der Waals surface area contributed by atoms with E-state index in [9.17, 15) is 0 Å². The van der Waals surface area contributed by atoms with Gasteiger partial charge in [0.1, 0.15) is 0 Å². The average molecular weight is 347 g/mol. The zero-order valence-electron chi connectivity index (χ0n) is 8.11. The van der Waals surface area contributed by atoms with Gasteiger partial charge in [-0.2, -0.15) is 0 Å². The first kappa shape index (κ1) is 13.0. The van der Waals surface area contributed by atoms with E-state index in [1.54, 1.807) is 0 Å². The molecule has 12 heavy (non-hydrogen) atoms. The molecule has 0 rings (SSSR count). The second-order valence-corrected chi connectivity index (χ2v) is 8.58. The van der Waals surface area contributed by atoms with Crippen molar-refractivity contribution in [3.8, 4) is 0 Å². The molecule has 0 saturated carbocycles. The molecular formula is C10H19BrTe. The monoisotopic (exact) mass is 348 g/mol. The fourth-order valence-electron chi connectivity index (χ4n) is 0.793. The van der Waals surface area contributed by atoms with Gasteiger partial charge in [-0.3, -0.25) is 0 Å². The van der Waals surface area contributed by atoms with Gasteiger partial charge in [-0.25, -0.2) is 0 Å². The Hall–Kier alpha value is 1.01. The Bertz CT molecular complexity index is 121. The molecule has 0 nitrogen and oxygen atoms in total. The topological polar surface area (TPSA) is 0 Å². The summed E-state index contributed by atoms with van der Waals surface area (Å²) in [4.78, 5) is 0. The molecule has 0 N–H and O–H groups in total. The Balaban J connectivity index is 3.29. The van der Waals surface area contributed by atoms with Crippen molar-refractivity contribution >= 4 is 36.9 Å². The molecule has 0 atom stereocenters. The maximum absolute atomic E-state index is 3.66. The minimum atomic E-state index is 0.149. The zero-order chi connectivity index (χ0) is 9.23. The number of hydrogen-bond acceptors (Lipinski definition) is 0. The summed E-state index contributed by atoms with van der Waals surface area (Å²) < 4.78 is 3.00. The first-order valence-electron chi connectivity index (χ1n) is 4.79. The summed E-state index contributed by atoms with van der Waals surface area (Å²) in [7, 11) is 0. The van der Waals surface area contributed by atoms with E-state index in [-0.39, 0.29) is 20.9 Å². The van der Waals surface area contributed by atoms with Gasteiger partial charge in [-0.1, -0.05) is 0 Å². The van der Waals surface area contributed by atoms with Crippen molar-refractivity contribution in [1.82, 2.24) is 0 Å². The molecule has 0 saturated heterocycles. The van der Waals surface area contributed by atoms with Crippen LogP contribution < -0.4 is 0 Å². The molecule has 0 aromatic carbocycles. The Kier molecular flexibility index (Phi) is 10.9. The van der Waals surface area contributed by atoms with Crippen molar-refractivity contribution < 1.29 is 0 Å². The van der Waals surface area contributed by atoms with Crippen LogP contribution in [0.15, 0.2) is 8.61 Å². The van der Waals surface area contributed by atoms with Crippen LogP contribution >= 0.6 is 15.9 Å². The van der Waals surface area contributed by atoms with E-state index in [1.807, 2.05) is 0 Å². The summed E-state index contributed by atoms with van der Waals surface area (Å²) in [5.74, 6) is 0. The van der Waals surface area contributed by atoms with Crippen LogP contribution in [0, 0.1) is 0 Å². The second-order valence-electron chi connectivity index (χ2n) is 2.85. The van der Waals surface area contributed by atoms with Crippen molar-refractivity contribution in [2.75, 3.05) is 0 Å². The predicted octanol–water partition coefficient (Wildman–Crippen LogP) is 4.34. The average Bonchev–Trinajstić information content (AvgIpc) is 2.06. The van der Waals surface area contributed by atoms with E-state index in [1.165, 1.54) is 39.1 Å². The van der Waals surface area contributed by atoms with Crippen molar-refractivity contribution in [3.63, 3.8) is 0 Å². The molecule has 0 radical (unpaired) electrons. The van der Waals surface area contributed by atoms with E-state index in [0.29, 0.717) is 0 Å². The molecule has 0 fully saturated rings. The summed E-state index contributed by atoms with van der Waals surface area (Å²) in [5.41, 5.74) is 0. The summed E-state index contributed by atoms with van der Waals surface area (Å²) in [6, 6.07) is 0. The SMILES string of the molecule is CCCC/C=C(\Br)[Te]CCCC. The van der Waals surface area contributed by atoms with Gasteiger partial charge in [0.25, 0.3) is 0 Å². The van der Waals surface area contributed by atoms with Crippen LogP contribution in [-0.4, -0.2) is 20.9 Å². The van der Waals surface area contributed by atoms with Crippen LogP contribution in [0.25, 0.3) is 0 Å². The van der Waals surface area contributed by atoms with Gasteiger partial charge in [0.05, 0.1) is 0 Å². The van der Waals surface area contributed by atoms with Crippen LogP contribution in [0.5, 0.6) is 0 Å². The van der Waals surface area contributed by atoms with Gasteiger partial charge in [0, 0.05) is 0 Å². The van der Waals surface area contributed by atoms with E-state index in [0.717, 1.165) is 0 Å². The molecule has 2 heteroatoms. The van der Waals surface area contributed by atoms with E-state index in [2.05, 4.69) is 35.9 Å². The molecule has 0 amide bonds. The van der Waals surface area contributed by atoms with E-state index < -0.39 is 0 Å². The number of unbranched alkanes of at least 4 members (excludes halogenated alkanes) is 3. The molecule has 0 spiro atoms. The Labute approximate surface area is 95.4 Å². The molecular weight excluding hydrogens is 328 g/mol. The van der Waals surface area contributed by atoms with Crippen LogP contribution in [0.2, 0.25) is 4.47 Å². The number of halogens is 1. The van der Waals surface area contributed by atoms with Gasteiger partial charge in [-0.05, 0) is 0 Å². The summed E-state index contributed by atoms with van der Waals surface area (Å²) in [6.07, 6.45) is 9.08. The fraction of sp³-hybridized carbons (Fsp3) is 0.800. The van der Waals surface area contributed by atoms with Gasteiger partial charge in [0.15, 0.2) is 0 Å². The number of rotatable bonds is 7. The quantitative estimate of drug-likeness (QED) is 0.475. The van der Waals surface area contributed by atoms with Crippen molar-refractivity contribution in [1.29, 1.82) is 0 Å². The van der Waals surface area contributed by atoms with E-state index >= 15 is 0 Å². The Morgan fingerprint density at radius 1 is 1.25 bits per heavy atom. The zero-order valence-corrected chi connectivity index (χ0v) is 12.0. The van der Waals surface area contributed by atoms with E-state index in [4.69, 9.17) is 0 Å². The second kappa shape index (κ2) is 10.1. The molecule has 0 aromatic heterocycles. The predicted molar refractivity (Wildman–Crippen MR) is 62.0 cm³/mol. The van der Waals surface area contributed by atoms with Crippen LogP contribution in [0.4, 0.5) is 0 Å². The van der Waals surface area contributed by atoms with Gasteiger partial charge < -0.3 is 0 Å². The third kappa shape index (κ3) is 9.10. The molecule has 0 aliphatic rings. The third-order valence-corrected chi connectivity index (χ3v) is 6.13. The summed E-state index contributed by atoms with van der Waals surface area (Å²) in [6.45, 7) is 4.51. The standard InChI is InChI=1S/C10H19BrTe/c1-3-5-7-8-10(11)12-9-6-4-2/h8H,3-7,9H2,1-2H3/b10-8+. The molecule has 0 unspecified atom stereocenters. The molecule has 0 aliphatic heterocycles. The van der Waals surface area contributed by atoms with Crippen LogP contribution in [-0.2, 0) is 0 Å². The third-order valence-electron chi connectivity index (χ3n) is 1.60. The molecule has 0 aliphatic carbocycles. The first-order valence-corrected chi connectivity index (χ1v) is 8.40. The Morgan fingerprint density at radius 3 is 2.50 bits per heavy atom. The first-order chi connectivity index (χ1) is 5.81. The summed E-state index contributed by atoms with van der Waals surface area (Å²) >= 11 is 3.81. The minimum absolute atomic E-state index is 0.149. The number of hydrogen-bond donors (Lipinski definition) is 0. The maximum atomic E-state index is 3.66. The van der Waals surface area contributed by atoms with Gasteiger partial charge in [-0.15, -0.1) is 0 Å². The van der Waals surface area contributed by atoms with Gasteiger partial charge >= 0.3 is 95.9 Å². The molecule has 0 bridgehead atoms. The molecule has 0 aromatic rings. The van der Waals surface area contributed by atoms with Crippen molar-refractivity contribution in [3.05, 3.63) is 8.61 Å². The fourth-order valence-corrected chi connectivity index (χ4v) is 4.57. The van der Waals surface area contributed by atoms with Crippen LogP contribution in [0.3, 0.4) is 0 Å². The Morgan fingerprint density at radius 2 is 1.92 bits per heavy atom. The normalized spacial score (nSPS) is 12.1. The number of allylic oxidation sites excluding steroid dienone is 1. The molecule has 0 heterocycles. The van der Waals surface area contributed by atoms with Crippen molar-refractivity contribution in [2.24, 2.45) is 0 Å². The van der Waals surface area contributed by atoms with Gasteiger partial charge in [0.2, 0.25) is 0 Å². The van der Waals surface area contributed by atoms with Crippen LogP contribution in [0.1, 0.15) is 46.0 Å². The molecule has 72 valence electrons.